The van der Waals surface area contributed by atoms with Gasteiger partial charge in [-0.3, -0.25) is 4.79 Å². The van der Waals surface area contributed by atoms with Crippen molar-refractivity contribution < 1.29 is 4.79 Å². The van der Waals surface area contributed by atoms with E-state index in [1.54, 1.807) is 0 Å². The maximum absolute atomic E-state index is 12.3. The lowest BCUT2D eigenvalue weighted by atomic mass is 10.1. The molecule has 0 heterocycles. The van der Waals surface area contributed by atoms with Crippen molar-refractivity contribution in [1.82, 2.24) is 4.90 Å². The maximum atomic E-state index is 12.3. The second-order valence-electron chi connectivity index (χ2n) is 5.50. The van der Waals surface area contributed by atoms with Gasteiger partial charge >= 0.3 is 0 Å². The monoisotopic (exact) mass is 260 g/mol. The summed E-state index contributed by atoms with van der Waals surface area (Å²) in [6.45, 7) is 5.21. The molecule has 1 amide bonds. The Morgan fingerprint density at radius 3 is 2.37 bits per heavy atom. The Kier molecular flexibility index (Phi) is 4.59. The van der Waals surface area contributed by atoms with Crippen LogP contribution in [0.5, 0.6) is 0 Å². The molecule has 1 saturated carbocycles. The molecule has 3 heteroatoms. The zero-order valence-corrected chi connectivity index (χ0v) is 11.9. The first-order valence-electron chi connectivity index (χ1n) is 7.24. The number of hydrogen-bond donors (Lipinski definition) is 1. The Hall–Kier alpha value is -1.35. The van der Waals surface area contributed by atoms with Gasteiger partial charge in [0.1, 0.15) is 0 Å². The Balaban J connectivity index is 2.05. The number of nitrogens with zero attached hydrogens (tertiary/aromatic N) is 1. The topological polar surface area (TPSA) is 46.3 Å². The number of nitrogens with two attached hydrogens (primary N) is 1. The van der Waals surface area contributed by atoms with E-state index in [2.05, 4.69) is 31.2 Å². The molecule has 1 aromatic carbocycles. The normalized spacial score (nSPS) is 16.2. The van der Waals surface area contributed by atoms with Crippen molar-refractivity contribution in [1.29, 1.82) is 0 Å². The summed E-state index contributed by atoms with van der Waals surface area (Å²) in [6.07, 6.45) is 3.32. The number of amides is 1. The summed E-state index contributed by atoms with van der Waals surface area (Å²) in [5.41, 5.74) is 8.16. The molecular formula is C16H24N2O. The summed E-state index contributed by atoms with van der Waals surface area (Å²) < 4.78 is 0. The van der Waals surface area contributed by atoms with Gasteiger partial charge in [-0.15, -0.1) is 0 Å². The number of rotatable bonds is 6. The van der Waals surface area contributed by atoms with Crippen molar-refractivity contribution >= 4 is 5.91 Å². The Bertz CT molecular complexity index is 423. The van der Waals surface area contributed by atoms with E-state index in [-0.39, 0.29) is 11.8 Å². The fraction of sp³-hybridized carbons (Fsp3) is 0.562. The molecule has 0 aromatic heterocycles. The summed E-state index contributed by atoms with van der Waals surface area (Å²) in [5.74, 6) is 0.125. The van der Waals surface area contributed by atoms with Crippen LogP contribution < -0.4 is 5.73 Å². The van der Waals surface area contributed by atoms with Crippen molar-refractivity contribution in [2.45, 2.75) is 45.7 Å². The molecule has 19 heavy (non-hydrogen) atoms. The van der Waals surface area contributed by atoms with E-state index in [0.29, 0.717) is 12.6 Å². The fourth-order valence-corrected chi connectivity index (χ4v) is 2.23. The predicted molar refractivity (Wildman–Crippen MR) is 77.6 cm³/mol. The Morgan fingerprint density at radius 2 is 1.89 bits per heavy atom. The number of carbonyl (C=O) groups is 1. The van der Waals surface area contributed by atoms with E-state index in [9.17, 15) is 4.79 Å². The second kappa shape index (κ2) is 6.20. The molecule has 0 spiro atoms. The first-order valence-corrected chi connectivity index (χ1v) is 7.24. The van der Waals surface area contributed by atoms with Gasteiger partial charge < -0.3 is 10.6 Å². The molecule has 0 radical (unpaired) electrons. The molecule has 0 bridgehead atoms. The molecule has 1 unspecified atom stereocenters. The minimum absolute atomic E-state index is 0.0736. The highest BCUT2D eigenvalue weighted by Crippen LogP contribution is 2.29. The van der Waals surface area contributed by atoms with Gasteiger partial charge in [-0.1, -0.05) is 38.1 Å². The summed E-state index contributed by atoms with van der Waals surface area (Å²) in [4.78, 5) is 14.3. The average Bonchev–Trinajstić information content (AvgIpc) is 3.28. The number of aryl methyl sites for hydroxylation is 1. The summed E-state index contributed by atoms with van der Waals surface area (Å²) in [7, 11) is 0. The third kappa shape index (κ3) is 3.57. The third-order valence-corrected chi connectivity index (χ3v) is 3.83. The van der Waals surface area contributed by atoms with Gasteiger partial charge in [0.15, 0.2) is 0 Å². The molecule has 3 nitrogen and oxygen atoms in total. The highest BCUT2D eigenvalue weighted by Gasteiger charge is 2.34. The van der Waals surface area contributed by atoms with Gasteiger partial charge in [0, 0.05) is 25.0 Å². The predicted octanol–water partition coefficient (Wildman–Crippen LogP) is 2.33. The molecule has 2 N–H and O–H groups in total. The molecule has 1 atom stereocenters. The van der Waals surface area contributed by atoms with E-state index in [1.165, 1.54) is 11.1 Å². The lowest BCUT2D eigenvalue weighted by molar-refractivity contribution is -0.135. The van der Waals surface area contributed by atoms with Crippen molar-refractivity contribution in [3.05, 3.63) is 35.4 Å². The van der Waals surface area contributed by atoms with Crippen LogP contribution in [-0.4, -0.2) is 23.4 Å². The van der Waals surface area contributed by atoms with Gasteiger partial charge in [-0.25, -0.2) is 0 Å². The van der Waals surface area contributed by atoms with E-state index in [4.69, 9.17) is 5.73 Å². The van der Waals surface area contributed by atoms with E-state index in [0.717, 1.165) is 25.8 Å². The van der Waals surface area contributed by atoms with Crippen LogP contribution in [0.3, 0.4) is 0 Å². The minimum Gasteiger partial charge on any atom is -0.335 e. The standard InChI is InChI=1S/C16H24N2O/c1-3-13-4-6-14(7-5-13)11-18(15-8-9-15)16(19)12(2)10-17/h4-7,12,15H,3,8-11,17H2,1-2H3. The van der Waals surface area contributed by atoms with Crippen molar-refractivity contribution in [3.63, 3.8) is 0 Å². The number of benzene rings is 1. The molecule has 104 valence electrons. The van der Waals surface area contributed by atoms with E-state index in [1.807, 2.05) is 11.8 Å². The van der Waals surface area contributed by atoms with Gasteiger partial charge in [-0.2, -0.15) is 0 Å². The minimum atomic E-state index is -0.0736. The Morgan fingerprint density at radius 1 is 1.32 bits per heavy atom. The quantitative estimate of drug-likeness (QED) is 0.853. The fourth-order valence-electron chi connectivity index (χ4n) is 2.23. The number of hydrogen-bond acceptors (Lipinski definition) is 2. The van der Waals surface area contributed by atoms with Crippen LogP contribution in [0.1, 0.15) is 37.8 Å². The summed E-state index contributed by atoms with van der Waals surface area (Å²) in [5, 5.41) is 0. The maximum Gasteiger partial charge on any atom is 0.227 e. The van der Waals surface area contributed by atoms with Gasteiger partial charge in [0.05, 0.1) is 0 Å². The largest absolute Gasteiger partial charge is 0.335 e. The lowest BCUT2D eigenvalue weighted by Crippen LogP contribution is -2.38. The first kappa shape index (κ1) is 14.1. The van der Waals surface area contributed by atoms with Crippen LogP contribution >= 0.6 is 0 Å². The van der Waals surface area contributed by atoms with Crippen molar-refractivity contribution in [2.75, 3.05) is 6.54 Å². The van der Waals surface area contributed by atoms with Crippen LogP contribution in [0.15, 0.2) is 24.3 Å². The molecule has 1 fully saturated rings. The molecule has 0 aliphatic heterocycles. The third-order valence-electron chi connectivity index (χ3n) is 3.83. The molecule has 1 aromatic rings. The highest BCUT2D eigenvalue weighted by atomic mass is 16.2. The zero-order valence-electron chi connectivity index (χ0n) is 11.9. The average molecular weight is 260 g/mol. The number of carbonyl (C=O) groups excluding carboxylic acids is 1. The smallest absolute Gasteiger partial charge is 0.227 e. The van der Waals surface area contributed by atoms with Crippen molar-refractivity contribution in [2.24, 2.45) is 11.7 Å². The van der Waals surface area contributed by atoms with Gasteiger partial charge in [0.2, 0.25) is 5.91 Å². The van der Waals surface area contributed by atoms with Crippen LogP contribution in [0.25, 0.3) is 0 Å². The molecule has 1 aliphatic rings. The highest BCUT2D eigenvalue weighted by molar-refractivity contribution is 5.79. The summed E-state index contributed by atoms with van der Waals surface area (Å²) >= 11 is 0. The Labute approximate surface area is 115 Å². The second-order valence-corrected chi connectivity index (χ2v) is 5.50. The van der Waals surface area contributed by atoms with Crippen LogP contribution in [-0.2, 0) is 17.8 Å². The van der Waals surface area contributed by atoms with E-state index < -0.39 is 0 Å². The first-order chi connectivity index (χ1) is 9.15. The molecular weight excluding hydrogens is 236 g/mol. The van der Waals surface area contributed by atoms with Crippen LogP contribution in [0, 0.1) is 5.92 Å². The molecule has 2 rings (SSSR count). The molecule has 1 aliphatic carbocycles. The summed E-state index contributed by atoms with van der Waals surface area (Å²) in [6, 6.07) is 9.00. The SMILES string of the molecule is CCc1ccc(CN(C(=O)C(C)CN)C2CC2)cc1. The van der Waals surface area contributed by atoms with Gasteiger partial charge in [-0.05, 0) is 30.4 Å². The molecule has 0 saturated heterocycles. The van der Waals surface area contributed by atoms with Gasteiger partial charge in [0.25, 0.3) is 0 Å². The van der Waals surface area contributed by atoms with Crippen LogP contribution in [0.4, 0.5) is 0 Å². The van der Waals surface area contributed by atoms with E-state index >= 15 is 0 Å². The zero-order chi connectivity index (χ0) is 13.8. The lowest BCUT2D eigenvalue weighted by Gasteiger charge is -2.25. The van der Waals surface area contributed by atoms with Crippen molar-refractivity contribution in [3.8, 4) is 0 Å². The van der Waals surface area contributed by atoms with Crippen LogP contribution in [0.2, 0.25) is 0 Å².